The molecular formula is C28H28N2O4. The minimum absolute atomic E-state index is 0.154. The molecule has 0 unspecified atom stereocenters. The van der Waals surface area contributed by atoms with Gasteiger partial charge in [0, 0.05) is 13.6 Å². The first-order chi connectivity index (χ1) is 16.5. The summed E-state index contributed by atoms with van der Waals surface area (Å²) in [5, 5.41) is 0. The van der Waals surface area contributed by atoms with Gasteiger partial charge in [0.1, 0.15) is 23.8 Å². The Hall–Kier alpha value is -4.06. The third kappa shape index (κ3) is 4.96. The molecule has 0 saturated heterocycles. The Bertz CT molecular complexity index is 1190. The number of ether oxygens (including phenoxy) is 2. The standard InChI is InChI=1S/C28H28N2O4/c1-20-9-11-22(12-10-20)25-26(29(2)19-21-7-5-4-6-8-21)28(32)30(27(25)31)17-18-34-24-15-13-23(33-3)14-16-24/h4-16H,17-19H2,1-3H3. The van der Waals surface area contributed by atoms with Crippen molar-refractivity contribution in [2.45, 2.75) is 13.5 Å². The fourth-order valence-corrected chi connectivity index (χ4v) is 3.96. The highest BCUT2D eigenvalue weighted by Crippen LogP contribution is 2.32. The van der Waals surface area contributed by atoms with Crippen LogP contribution in [0.1, 0.15) is 16.7 Å². The maximum absolute atomic E-state index is 13.5. The number of benzene rings is 3. The average Bonchev–Trinajstić information content (AvgIpc) is 3.10. The Morgan fingerprint density at radius 1 is 0.824 bits per heavy atom. The van der Waals surface area contributed by atoms with Crippen LogP contribution in [-0.2, 0) is 16.1 Å². The van der Waals surface area contributed by atoms with Gasteiger partial charge in [0.2, 0.25) is 0 Å². The second kappa shape index (κ2) is 10.3. The second-order valence-electron chi connectivity index (χ2n) is 8.22. The van der Waals surface area contributed by atoms with Crippen LogP contribution >= 0.6 is 0 Å². The quantitative estimate of drug-likeness (QED) is 0.450. The average molecular weight is 457 g/mol. The number of likely N-dealkylation sites (N-methyl/N-ethyl adjacent to an activating group) is 1. The van der Waals surface area contributed by atoms with Crippen molar-refractivity contribution in [1.29, 1.82) is 0 Å². The van der Waals surface area contributed by atoms with E-state index >= 15 is 0 Å². The molecule has 0 spiro atoms. The zero-order chi connectivity index (χ0) is 24.1. The number of rotatable bonds is 9. The van der Waals surface area contributed by atoms with Crippen molar-refractivity contribution in [2.24, 2.45) is 0 Å². The number of nitrogens with zero attached hydrogens (tertiary/aromatic N) is 2. The van der Waals surface area contributed by atoms with Gasteiger partial charge in [-0.2, -0.15) is 0 Å². The smallest absolute Gasteiger partial charge is 0.277 e. The van der Waals surface area contributed by atoms with Gasteiger partial charge in [-0.25, -0.2) is 0 Å². The number of hydrogen-bond acceptors (Lipinski definition) is 5. The van der Waals surface area contributed by atoms with Crippen molar-refractivity contribution in [1.82, 2.24) is 9.80 Å². The molecule has 0 atom stereocenters. The van der Waals surface area contributed by atoms with E-state index < -0.39 is 0 Å². The third-order valence-electron chi connectivity index (χ3n) is 5.77. The number of carbonyl (C=O) groups excluding carboxylic acids is 2. The minimum Gasteiger partial charge on any atom is -0.497 e. The van der Waals surface area contributed by atoms with Crippen molar-refractivity contribution in [2.75, 3.05) is 27.3 Å². The Morgan fingerprint density at radius 3 is 2.12 bits per heavy atom. The lowest BCUT2D eigenvalue weighted by Crippen LogP contribution is -2.37. The van der Waals surface area contributed by atoms with Crippen LogP contribution in [0.3, 0.4) is 0 Å². The lowest BCUT2D eigenvalue weighted by Gasteiger charge is -2.21. The van der Waals surface area contributed by atoms with E-state index in [-0.39, 0.29) is 25.0 Å². The summed E-state index contributed by atoms with van der Waals surface area (Å²) in [6.07, 6.45) is 0. The zero-order valence-electron chi connectivity index (χ0n) is 19.7. The molecule has 34 heavy (non-hydrogen) atoms. The van der Waals surface area contributed by atoms with Gasteiger partial charge in [0.25, 0.3) is 11.8 Å². The van der Waals surface area contributed by atoms with Crippen LogP contribution < -0.4 is 9.47 Å². The zero-order valence-corrected chi connectivity index (χ0v) is 19.7. The molecule has 6 nitrogen and oxygen atoms in total. The van der Waals surface area contributed by atoms with Gasteiger partial charge in [-0.05, 0) is 42.3 Å². The fourth-order valence-electron chi connectivity index (χ4n) is 3.96. The van der Waals surface area contributed by atoms with Gasteiger partial charge >= 0.3 is 0 Å². The SMILES string of the molecule is COc1ccc(OCCN2C(=O)C(c3ccc(C)cc3)=C(N(C)Cc3ccccc3)C2=O)cc1. The number of imide groups is 1. The Morgan fingerprint density at radius 2 is 1.47 bits per heavy atom. The van der Waals surface area contributed by atoms with Crippen LogP contribution in [0.2, 0.25) is 0 Å². The predicted octanol–water partition coefficient (Wildman–Crippen LogP) is 4.29. The summed E-state index contributed by atoms with van der Waals surface area (Å²) in [5.41, 5.74) is 3.71. The summed E-state index contributed by atoms with van der Waals surface area (Å²) >= 11 is 0. The van der Waals surface area contributed by atoms with E-state index in [1.807, 2.05) is 73.5 Å². The van der Waals surface area contributed by atoms with Crippen molar-refractivity contribution in [3.8, 4) is 11.5 Å². The highest BCUT2D eigenvalue weighted by atomic mass is 16.5. The molecule has 1 aliphatic heterocycles. The predicted molar refractivity (Wildman–Crippen MR) is 131 cm³/mol. The van der Waals surface area contributed by atoms with Crippen molar-refractivity contribution in [3.63, 3.8) is 0 Å². The molecule has 0 N–H and O–H groups in total. The largest absolute Gasteiger partial charge is 0.497 e. The topological polar surface area (TPSA) is 59.1 Å². The van der Waals surface area contributed by atoms with E-state index in [2.05, 4.69) is 0 Å². The molecule has 3 aromatic rings. The summed E-state index contributed by atoms with van der Waals surface area (Å²) in [4.78, 5) is 30.0. The van der Waals surface area contributed by atoms with E-state index in [1.165, 1.54) is 4.90 Å². The monoisotopic (exact) mass is 456 g/mol. The molecule has 0 radical (unpaired) electrons. The van der Waals surface area contributed by atoms with Gasteiger partial charge in [0.15, 0.2) is 0 Å². The van der Waals surface area contributed by atoms with Crippen molar-refractivity contribution in [3.05, 3.63) is 101 Å². The second-order valence-corrected chi connectivity index (χ2v) is 8.22. The summed E-state index contributed by atoms with van der Waals surface area (Å²) in [6, 6.07) is 24.8. The molecule has 3 aromatic carbocycles. The van der Waals surface area contributed by atoms with E-state index in [9.17, 15) is 9.59 Å². The third-order valence-corrected chi connectivity index (χ3v) is 5.77. The van der Waals surface area contributed by atoms with Gasteiger partial charge < -0.3 is 14.4 Å². The molecule has 174 valence electrons. The van der Waals surface area contributed by atoms with E-state index in [0.29, 0.717) is 23.6 Å². The van der Waals surface area contributed by atoms with Crippen LogP contribution in [0.5, 0.6) is 11.5 Å². The number of amides is 2. The lowest BCUT2D eigenvalue weighted by molar-refractivity contribution is -0.137. The van der Waals surface area contributed by atoms with Crippen LogP contribution in [0, 0.1) is 6.92 Å². The number of hydrogen-bond donors (Lipinski definition) is 0. The summed E-state index contributed by atoms with van der Waals surface area (Å²) in [7, 11) is 3.45. The Balaban J connectivity index is 1.55. The molecule has 6 heteroatoms. The molecule has 0 aromatic heterocycles. The van der Waals surface area contributed by atoms with E-state index in [0.717, 1.165) is 22.4 Å². The highest BCUT2D eigenvalue weighted by molar-refractivity contribution is 6.35. The van der Waals surface area contributed by atoms with Gasteiger partial charge in [-0.3, -0.25) is 14.5 Å². The normalized spacial score (nSPS) is 13.4. The summed E-state index contributed by atoms with van der Waals surface area (Å²) in [6.45, 7) is 2.86. The first-order valence-corrected chi connectivity index (χ1v) is 11.2. The molecule has 2 amide bonds. The first kappa shape index (κ1) is 23.1. The molecule has 1 heterocycles. The van der Waals surface area contributed by atoms with Crippen molar-refractivity contribution >= 4 is 17.4 Å². The maximum atomic E-state index is 13.5. The fraction of sp³-hybridized carbons (Fsp3) is 0.214. The lowest BCUT2D eigenvalue weighted by atomic mass is 10.0. The summed E-state index contributed by atoms with van der Waals surface area (Å²) < 4.78 is 10.9. The van der Waals surface area contributed by atoms with Crippen LogP contribution in [-0.4, -0.2) is 48.9 Å². The molecule has 0 saturated carbocycles. The van der Waals surface area contributed by atoms with E-state index in [4.69, 9.17) is 9.47 Å². The number of carbonyl (C=O) groups is 2. The Labute approximate surface area is 200 Å². The van der Waals surface area contributed by atoms with Crippen LogP contribution in [0.4, 0.5) is 0 Å². The van der Waals surface area contributed by atoms with Gasteiger partial charge in [0.05, 0.1) is 19.2 Å². The number of aryl methyl sites for hydroxylation is 1. The molecular weight excluding hydrogens is 428 g/mol. The molecule has 4 rings (SSSR count). The number of methoxy groups -OCH3 is 1. The van der Waals surface area contributed by atoms with E-state index in [1.54, 1.807) is 31.4 Å². The first-order valence-electron chi connectivity index (χ1n) is 11.2. The highest BCUT2D eigenvalue weighted by Gasteiger charge is 2.40. The van der Waals surface area contributed by atoms with Crippen LogP contribution in [0.25, 0.3) is 5.57 Å². The molecule has 0 bridgehead atoms. The molecule has 1 aliphatic rings. The van der Waals surface area contributed by atoms with Crippen LogP contribution in [0.15, 0.2) is 84.6 Å². The van der Waals surface area contributed by atoms with Crippen molar-refractivity contribution < 1.29 is 19.1 Å². The minimum atomic E-state index is -0.308. The Kier molecular flexibility index (Phi) is 6.97. The maximum Gasteiger partial charge on any atom is 0.277 e. The molecule has 0 fully saturated rings. The van der Waals surface area contributed by atoms with Gasteiger partial charge in [-0.1, -0.05) is 60.2 Å². The summed E-state index contributed by atoms with van der Waals surface area (Å²) in [5.74, 6) is 0.766. The molecule has 0 aliphatic carbocycles. The van der Waals surface area contributed by atoms with Gasteiger partial charge in [-0.15, -0.1) is 0 Å².